The molecular formula is C24H18F2NNaO4. The van der Waals surface area contributed by atoms with Crippen LogP contribution in [0.3, 0.4) is 0 Å². The summed E-state index contributed by atoms with van der Waals surface area (Å²) in [5.74, 6) is -1.46. The number of hydrogen-bond acceptors (Lipinski definition) is 4. The van der Waals surface area contributed by atoms with Gasteiger partial charge in [-0.15, -0.1) is 0 Å². The average molecular weight is 445 g/mol. The number of hydrogen-bond donors (Lipinski definition) is 0. The van der Waals surface area contributed by atoms with E-state index in [1.165, 1.54) is 18.2 Å². The van der Waals surface area contributed by atoms with Gasteiger partial charge in [-0.1, -0.05) is 12.1 Å². The van der Waals surface area contributed by atoms with Gasteiger partial charge in [0, 0.05) is 39.9 Å². The van der Waals surface area contributed by atoms with Gasteiger partial charge in [0.25, 0.3) is 0 Å². The van der Waals surface area contributed by atoms with Gasteiger partial charge in [0.15, 0.2) is 0 Å². The summed E-state index contributed by atoms with van der Waals surface area (Å²) in [5, 5.41) is 11.9. The van der Waals surface area contributed by atoms with Crippen molar-refractivity contribution in [1.29, 1.82) is 0 Å². The molecule has 8 heteroatoms. The molecule has 1 heterocycles. The standard InChI is InChI=1S/C24H19F2NO4.Na/c1-30-18-7-8-23(31-14-15-5-6-17(25)12-21(15)26)16(11-18)13-27-10-9-19-20(24(28)29)3-2-4-22(19)27;/h2-12H,13-14H2,1H3,(H,28,29);/q;+1/p-1. The molecule has 0 aliphatic carbocycles. The normalized spacial score (nSPS) is 10.6. The molecule has 0 N–H and O–H groups in total. The van der Waals surface area contributed by atoms with E-state index in [-0.39, 0.29) is 47.3 Å². The van der Waals surface area contributed by atoms with Gasteiger partial charge in [-0.2, -0.15) is 0 Å². The first-order chi connectivity index (χ1) is 15.0. The van der Waals surface area contributed by atoms with E-state index in [2.05, 4.69) is 0 Å². The molecule has 0 aliphatic rings. The van der Waals surface area contributed by atoms with Crippen LogP contribution in [0.4, 0.5) is 8.78 Å². The Morgan fingerprint density at radius 2 is 1.84 bits per heavy atom. The molecule has 0 amide bonds. The van der Waals surface area contributed by atoms with E-state index < -0.39 is 17.6 Å². The van der Waals surface area contributed by atoms with Crippen LogP contribution in [0.25, 0.3) is 10.9 Å². The van der Waals surface area contributed by atoms with Crippen LogP contribution in [-0.4, -0.2) is 17.6 Å². The minimum absolute atomic E-state index is 0. The van der Waals surface area contributed by atoms with Gasteiger partial charge in [0.2, 0.25) is 0 Å². The van der Waals surface area contributed by atoms with Crippen molar-refractivity contribution in [2.24, 2.45) is 0 Å². The molecular weight excluding hydrogens is 427 g/mol. The number of halogens is 2. The second-order valence-electron chi connectivity index (χ2n) is 6.97. The monoisotopic (exact) mass is 445 g/mol. The molecule has 5 nitrogen and oxygen atoms in total. The fourth-order valence-corrected chi connectivity index (χ4v) is 3.46. The minimum Gasteiger partial charge on any atom is -0.545 e. The second-order valence-corrected chi connectivity index (χ2v) is 6.97. The van der Waals surface area contributed by atoms with Gasteiger partial charge in [-0.25, -0.2) is 8.78 Å². The molecule has 0 saturated heterocycles. The van der Waals surface area contributed by atoms with Gasteiger partial charge < -0.3 is 23.9 Å². The Labute approximate surface area is 205 Å². The van der Waals surface area contributed by atoms with Crippen LogP contribution in [0.5, 0.6) is 11.5 Å². The maximum absolute atomic E-state index is 14.0. The van der Waals surface area contributed by atoms with Crippen molar-refractivity contribution in [3.05, 3.63) is 95.2 Å². The first-order valence-corrected chi connectivity index (χ1v) is 9.49. The molecule has 0 unspecified atom stereocenters. The molecule has 0 atom stereocenters. The third kappa shape index (κ3) is 4.96. The molecule has 0 radical (unpaired) electrons. The van der Waals surface area contributed by atoms with E-state index in [0.717, 1.165) is 17.1 Å². The molecule has 0 bridgehead atoms. The molecule has 0 fully saturated rings. The van der Waals surface area contributed by atoms with Gasteiger partial charge in [0.1, 0.15) is 29.7 Å². The Morgan fingerprint density at radius 3 is 2.56 bits per heavy atom. The van der Waals surface area contributed by atoms with Crippen molar-refractivity contribution >= 4 is 16.9 Å². The Balaban J connectivity index is 0.00000289. The van der Waals surface area contributed by atoms with E-state index in [9.17, 15) is 18.7 Å². The summed E-state index contributed by atoms with van der Waals surface area (Å²) in [4.78, 5) is 11.4. The van der Waals surface area contributed by atoms with Gasteiger partial charge in [-0.05, 0) is 42.5 Å². The number of carboxylic acids is 1. The van der Waals surface area contributed by atoms with Crippen LogP contribution < -0.4 is 44.1 Å². The molecule has 158 valence electrons. The number of ether oxygens (including phenoxy) is 2. The summed E-state index contributed by atoms with van der Waals surface area (Å²) >= 11 is 0. The smallest absolute Gasteiger partial charge is 0.545 e. The third-order valence-corrected chi connectivity index (χ3v) is 5.04. The Kier molecular flexibility index (Phi) is 7.56. The van der Waals surface area contributed by atoms with E-state index in [0.29, 0.717) is 23.4 Å². The summed E-state index contributed by atoms with van der Waals surface area (Å²) in [7, 11) is 1.55. The van der Waals surface area contributed by atoms with E-state index in [1.807, 2.05) is 10.6 Å². The predicted octanol–water partition coefficient (Wildman–Crippen LogP) is 0.923. The topological polar surface area (TPSA) is 63.5 Å². The van der Waals surface area contributed by atoms with Crippen molar-refractivity contribution in [2.45, 2.75) is 13.2 Å². The maximum atomic E-state index is 14.0. The molecule has 4 aromatic rings. The number of carbonyl (C=O) groups is 1. The molecule has 0 aliphatic heterocycles. The quantitative estimate of drug-likeness (QED) is 0.397. The van der Waals surface area contributed by atoms with Gasteiger partial charge in [0.05, 0.1) is 19.6 Å². The summed E-state index contributed by atoms with van der Waals surface area (Å²) in [5.41, 5.74) is 1.82. The number of carbonyl (C=O) groups excluding carboxylic acids is 1. The third-order valence-electron chi connectivity index (χ3n) is 5.04. The van der Waals surface area contributed by atoms with Crippen LogP contribution in [0.2, 0.25) is 0 Å². The van der Waals surface area contributed by atoms with E-state index in [4.69, 9.17) is 9.47 Å². The molecule has 0 saturated carbocycles. The molecule has 4 rings (SSSR count). The van der Waals surface area contributed by atoms with Gasteiger partial charge >= 0.3 is 29.6 Å². The second kappa shape index (κ2) is 10.2. The minimum atomic E-state index is -1.24. The van der Waals surface area contributed by atoms with Crippen LogP contribution >= 0.6 is 0 Å². The van der Waals surface area contributed by atoms with E-state index in [1.54, 1.807) is 43.6 Å². The summed E-state index contributed by atoms with van der Waals surface area (Å²) in [6, 6.07) is 15.3. The maximum Gasteiger partial charge on any atom is 1.00 e. The van der Waals surface area contributed by atoms with Gasteiger partial charge in [-0.3, -0.25) is 0 Å². The zero-order valence-corrected chi connectivity index (χ0v) is 19.6. The van der Waals surface area contributed by atoms with Crippen molar-refractivity contribution in [1.82, 2.24) is 4.57 Å². The first kappa shape index (κ1) is 23.8. The van der Waals surface area contributed by atoms with Crippen molar-refractivity contribution in [3.8, 4) is 11.5 Å². The van der Waals surface area contributed by atoms with Crippen molar-refractivity contribution in [2.75, 3.05) is 7.11 Å². The number of nitrogens with zero attached hydrogens (tertiary/aromatic N) is 1. The molecule has 0 spiro atoms. The van der Waals surface area contributed by atoms with Crippen LogP contribution in [-0.2, 0) is 13.2 Å². The Bertz CT molecular complexity index is 1270. The van der Waals surface area contributed by atoms with Crippen molar-refractivity contribution < 1.29 is 57.7 Å². The number of rotatable bonds is 7. The number of aromatic carboxylic acids is 1. The summed E-state index contributed by atoms with van der Waals surface area (Å²) in [6.45, 7) is 0.283. The van der Waals surface area contributed by atoms with Crippen LogP contribution in [0.15, 0.2) is 66.9 Å². The zero-order valence-electron chi connectivity index (χ0n) is 17.6. The average Bonchev–Trinajstić information content (AvgIpc) is 3.16. The number of benzene rings is 3. The fourth-order valence-electron chi connectivity index (χ4n) is 3.46. The van der Waals surface area contributed by atoms with Crippen LogP contribution in [0, 0.1) is 11.6 Å². The van der Waals surface area contributed by atoms with Crippen molar-refractivity contribution in [3.63, 3.8) is 0 Å². The zero-order chi connectivity index (χ0) is 22.0. The Morgan fingerprint density at radius 1 is 1.03 bits per heavy atom. The Hall–Kier alpha value is -2.87. The SMILES string of the molecule is COc1ccc(OCc2ccc(F)cc2F)c(Cn2ccc3c(C(=O)[O-])cccc32)c1.[Na+]. The molecule has 1 aromatic heterocycles. The number of fused-ring (bicyclic) bond motifs is 1. The van der Waals surface area contributed by atoms with E-state index >= 15 is 0 Å². The first-order valence-electron chi connectivity index (χ1n) is 9.49. The fraction of sp³-hybridized carbons (Fsp3) is 0.125. The summed E-state index contributed by atoms with van der Waals surface area (Å²) < 4.78 is 40.1. The molecule has 32 heavy (non-hydrogen) atoms. The predicted molar refractivity (Wildman–Crippen MR) is 109 cm³/mol. The number of methoxy groups -OCH3 is 1. The largest absolute Gasteiger partial charge is 1.00 e. The summed E-state index contributed by atoms with van der Waals surface area (Å²) in [6.07, 6.45) is 1.78. The molecule has 3 aromatic carbocycles. The van der Waals surface area contributed by atoms with Crippen LogP contribution in [0.1, 0.15) is 21.5 Å². The number of aromatic nitrogens is 1. The number of carboxylic acid groups (broad SMARTS) is 1.